The average Bonchev–Trinajstić information content (AvgIpc) is 2.94. The van der Waals surface area contributed by atoms with E-state index in [0.29, 0.717) is 5.02 Å². The van der Waals surface area contributed by atoms with Crippen LogP contribution in [0.2, 0.25) is 5.02 Å². The van der Waals surface area contributed by atoms with E-state index in [1.54, 1.807) is 12.1 Å². The van der Waals surface area contributed by atoms with Crippen molar-refractivity contribution in [1.82, 2.24) is 0 Å². The molecule has 0 radical (unpaired) electrons. The van der Waals surface area contributed by atoms with Gasteiger partial charge in [-0.3, -0.25) is 0 Å². The lowest BCUT2D eigenvalue weighted by Crippen LogP contribution is -2.32. The molecule has 0 spiro atoms. The molecule has 0 nitrogen and oxygen atoms in total. The molecule has 3 rings (SSSR count). The van der Waals surface area contributed by atoms with Crippen molar-refractivity contribution >= 4 is 27.5 Å². The highest BCUT2D eigenvalue weighted by atomic mass is 79.9. The molecule has 0 saturated heterocycles. The molecular weight excluding hydrogens is 315 g/mol. The van der Waals surface area contributed by atoms with Crippen molar-refractivity contribution in [2.24, 2.45) is 17.3 Å². The number of fused-ring (bicyclic) bond motifs is 2. The largest absolute Gasteiger partial charge is 0.207 e. The molecule has 2 bridgehead atoms. The van der Waals surface area contributed by atoms with Gasteiger partial charge in [0.05, 0.1) is 0 Å². The zero-order valence-electron chi connectivity index (χ0n) is 10.3. The second-order valence-corrected chi connectivity index (χ2v) is 6.99. The van der Waals surface area contributed by atoms with Crippen LogP contribution in [0.5, 0.6) is 0 Å². The Bertz CT molecular complexity index is 462. The second-order valence-electron chi connectivity index (χ2n) is 5.99. The van der Waals surface area contributed by atoms with Crippen LogP contribution in [0, 0.1) is 23.1 Å². The predicted octanol–water partition coefficient (Wildman–Crippen LogP) is 5.22. The number of hydrogen-bond acceptors (Lipinski definition) is 0. The Morgan fingerprint density at radius 1 is 1.39 bits per heavy atom. The first-order chi connectivity index (χ1) is 8.63. The van der Waals surface area contributed by atoms with Gasteiger partial charge in [0.2, 0.25) is 0 Å². The molecule has 2 aliphatic rings. The highest BCUT2D eigenvalue weighted by Gasteiger charge is 2.50. The molecule has 0 aliphatic heterocycles. The number of benzene rings is 1. The molecule has 0 N–H and O–H groups in total. The molecule has 98 valence electrons. The van der Waals surface area contributed by atoms with Gasteiger partial charge >= 0.3 is 0 Å². The van der Waals surface area contributed by atoms with Crippen LogP contribution in [0.25, 0.3) is 0 Å². The maximum Gasteiger partial charge on any atom is 0.126 e. The fourth-order valence-corrected chi connectivity index (χ4v) is 5.12. The van der Waals surface area contributed by atoms with Crippen molar-refractivity contribution in [2.45, 2.75) is 32.1 Å². The highest BCUT2D eigenvalue weighted by Crippen LogP contribution is 2.58. The van der Waals surface area contributed by atoms with Gasteiger partial charge in [-0.2, -0.15) is 0 Å². The molecule has 3 heteroatoms. The number of alkyl halides is 1. The quantitative estimate of drug-likeness (QED) is 0.666. The lowest BCUT2D eigenvalue weighted by molar-refractivity contribution is 0.195. The van der Waals surface area contributed by atoms with Gasteiger partial charge in [0, 0.05) is 10.4 Å². The lowest BCUT2D eigenvalue weighted by atomic mass is 9.71. The summed E-state index contributed by atoms with van der Waals surface area (Å²) in [5.74, 6) is 1.53. The molecule has 3 atom stereocenters. The van der Waals surface area contributed by atoms with Crippen LogP contribution >= 0.6 is 27.5 Å². The first-order valence-corrected chi connectivity index (χ1v) is 8.13. The number of hydrogen-bond donors (Lipinski definition) is 0. The van der Waals surface area contributed by atoms with Crippen LogP contribution in [0.4, 0.5) is 4.39 Å². The standard InChI is InChI=1S/C15H17BrClF/c16-9-15(7-10-1-2-12(15)5-10)8-11-6-13(17)3-4-14(11)18/h3-4,6,10,12H,1-2,5,7-9H2. The Morgan fingerprint density at radius 3 is 2.83 bits per heavy atom. The Balaban J connectivity index is 1.88. The predicted molar refractivity (Wildman–Crippen MR) is 76.8 cm³/mol. The second kappa shape index (κ2) is 4.79. The van der Waals surface area contributed by atoms with E-state index in [1.165, 1.54) is 31.7 Å². The fraction of sp³-hybridized carbons (Fsp3) is 0.600. The zero-order chi connectivity index (χ0) is 12.8. The van der Waals surface area contributed by atoms with Gasteiger partial charge in [-0.1, -0.05) is 34.0 Å². The van der Waals surface area contributed by atoms with Gasteiger partial charge in [-0.25, -0.2) is 4.39 Å². The summed E-state index contributed by atoms with van der Waals surface area (Å²) in [4.78, 5) is 0. The molecular formula is C15H17BrClF. The highest BCUT2D eigenvalue weighted by molar-refractivity contribution is 9.09. The van der Waals surface area contributed by atoms with Crippen molar-refractivity contribution in [1.29, 1.82) is 0 Å². The Labute approximate surface area is 121 Å². The minimum Gasteiger partial charge on any atom is -0.207 e. The number of rotatable bonds is 3. The van der Waals surface area contributed by atoms with E-state index in [-0.39, 0.29) is 11.2 Å². The third-order valence-electron chi connectivity index (χ3n) is 4.92. The third-order valence-corrected chi connectivity index (χ3v) is 6.27. The minimum absolute atomic E-state index is 0.109. The van der Waals surface area contributed by atoms with Gasteiger partial charge in [-0.05, 0) is 66.7 Å². The molecule has 1 aromatic rings. The van der Waals surface area contributed by atoms with E-state index < -0.39 is 0 Å². The van der Waals surface area contributed by atoms with Crippen LogP contribution in [0.15, 0.2) is 18.2 Å². The normalized spacial score (nSPS) is 34.2. The van der Waals surface area contributed by atoms with Crippen LogP contribution in [0.1, 0.15) is 31.2 Å². The van der Waals surface area contributed by atoms with E-state index in [4.69, 9.17) is 11.6 Å². The van der Waals surface area contributed by atoms with E-state index in [2.05, 4.69) is 15.9 Å². The summed E-state index contributed by atoms with van der Waals surface area (Å²) in [6.45, 7) is 0. The summed E-state index contributed by atoms with van der Waals surface area (Å²) < 4.78 is 13.9. The Kier molecular flexibility index (Phi) is 3.44. The van der Waals surface area contributed by atoms with Crippen molar-refractivity contribution in [2.75, 3.05) is 5.33 Å². The zero-order valence-corrected chi connectivity index (χ0v) is 12.6. The van der Waals surface area contributed by atoms with E-state index in [9.17, 15) is 4.39 Å². The summed E-state index contributed by atoms with van der Waals surface area (Å²) in [5.41, 5.74) is 1.04. The summed E-state index contributed by atoms with van der Waals surface area (Å²) in [6.07, 6.45) is 6.10. The summed E-state index contributed by atoms with van der Waals surface area (Å²) in [7, 11) is 0. The maximum atomic E-state index is 13.9. The molecule has 2 aliphatic carbocycles. The number of halogens is 3. The van der Waals surface area contributed by atoms with E-state index in [0.717, 1.165) is 29.2 Å². The summed E-state index contributed by atoms with van der Waals surface area (Å²) in [6, 6.07) is 4.92. The first-order valence-electron chi connectivity index (χ1n) is 6.63. The van der Waals surface area contributed by atoms with Crippen LogP contribution in [0.3, 0.4) is 0 Å². The minimum atomic E-state index is -0.109. The average molecular weight is 332 g/mol. The van der Waals surface area contributed by atoms with Gasteiger partial charge in [0.1, 0.15) is 5.82 Å². The smallest absolute Gasteiger partial charge is 0.126 e. The van der Waals surface area contributed by atoms with E-state index >= 15 is 0 Å². The molecule has 1 aromatic carbocycles. The summed E-state index contributed by atoms with van der Waals surface area (Å²) >= 11 is 9.67. The fourth-order valence-electron chi connectivity index (χ4n) is 4.04. The van der Waals surface area contributed by atoms with Gasteiger partial charge in [0.25, 0.3) is 0 Å². The van der Waals surface area contributed by atoms with Crippen molar-refractivity contribution < 1.29 is 4.39 Å². The molecule has 2 fully saturated rings. The molecule has 2 saturated carbocycles. The van der Waals surface area contributed by atoms with Gasteiger partial charge in [0.15, 0.2) is 0 Å². The van der Waals surface area contributed by atoms with E-state index in [1.807, 2.05) is 0 Å². The third kappa shape index (κ3) is 2.12. The molecule has 0 aromatic heterocycles. The molecule has 3 unspecified atom stereocenters. The summed E-state index contributed by atoms with van der Waals surface area (Å²) in [5, 5.41) is 1.62. The molecule has 0 amide bonds. The van der Waals surface area contributed by atoms with Crippen LogP contribution in [-0.4, -0.2) is 5.33 Å². The monoisotopic (exact) mass is 330 g/mol. The maximum absolute atomic E-state index is 13.9. The Hall–Kier alpha value is -0.0800. The first kappa shape index (κ1) is 12.9. The van der Waals surface area contributed by atoms with Gasteiger partial charge in [-0.15, -0.1) is 0 Å². The van der Waals surface area contributed by atoms with Crippen molar-refractivity contribution in [3.63, 3.8) is 0 Å². The topological polar surface area (TPSA) is 0 Å². The van der Waals surface area contributed by atoms with Crippen LogP contribution < -0.4 is 0 Å². The Morgan fingerprint density at radius 2 is 2.22 bits per heavy atom. The molecule has 0 heterocycles. The van der Waals surface area contributed by atoms with Gasteiger partial charge < -0.3 is 0 Å². The van der Waals surface area contributed by atoms with Crippen LogP contribution in [-0.2, 0) is 6.42 Å². The molecule has 18 heavy (non-hydrogen) atoms. The lowest BCUT2D eigenvalue weighted by Gasteiger charge is -2.36. The van der Waals surface area contributed by atoms with Crippen molar-refractivity contribution in [3.8, 4) is 0 Å². The van der Waals surface area contributed by atoms with Crippen molar-refractivity contribution in [3.05, 3.63) is 34.6 Å². The SMILES string of the molecule is Fc1ccc(Cl)cc1CC1(CBr)CC2CCC1C2.